The van der Waals surface area contributed by atoms with Gasteiger partial charge in [-0.05, 0) is 49.7 Å². The monoisotopic (exact) mass is 422 g/mol. The molecule has 0 spiro atoms. The van der Waals surface area contributed by atoms with Gasteiger partial charge < -0.3 is 10.2 Å². The molecule has 2 heterocycles. The number of nitrogens with zero attached hydrogens (tertiary/aromatic N) is 3. The van der Waals surface area contributed by atoms with Gasteiger partial charge in [0.1, 0.15) is 16.2 Å². The standard InChI is InChI=1S/C23H23FN4OS/c1-14-5-7-16(8-6-14)15(2)25-21(29)20-13-19-22(30-20)28(23(26-19)27(3)4)18-11-9-17(24)10-12-18/h5-13,15H,1-4H3,(H,25,29)/t15-/m1/s1. The molecule has 1 amide bonds. The highest BCUT2D eigenvalue weighted by atomic mass is 32.1. The van der Waals surface area contributed by atoms with E-state index in [0.717, 1.165) is 27.5 Å². The quantitative estimate of drug-likeness (QED) is 0.487. The summed E-state index contributed by atoms with van der Waals surface area (Å²) in [5, 5.41) is 3.06. The highest BCUT2D eigenvalue weighted by Gasteiger charge is 2.21. The van der Waals surface area contributed by atoms with Gasteiger partial charge in [-0.15, -0.1) is 11.3 Å². The highest BCUT2D eigenvalue weighted by molar-refractivity contribution is 7.20. The van der Waals surface area contributed by atoms with Crippen LogP contribution in [0.2, 0.25) is 0 Å². The number of carbonyl (C=O) groups excluding carboxylic acids is 1. The van der Waals surface area contributed by atoms with Gasteiger partial charge in [-0.3, -0.25) is 9.36 Å². The zero-order chi connectivity index (χ0) is 21.4. The van der Waals surface area contributed by atoms with Crippen molar-refractivity contribution in [1.82, 2.24) is 14.9 Å². The summed E-state index contributed by atoms with van der Waals surface area (Å²) in [6.45, 7) is 4.01. The number of hydrogen-bond acceptors (Lipinski definition) is 4. The van der Waals surface area contributed by atoms with Gasteiger partial charge in [-0.25, -0.2) is 9.37 Å². The van der Waals surface area contributed by atoms with Crippen molar-refractivity contribution in [3.8, 4) is 5.69 Å². The van der Waals surface area contributed by atoms with Gasteiger partial charge in [0.05, 0.1) is 16.6 Å². The molecule has 0 bridgehead atoms. The lowest BCUT2D eigenvalue weighted by Gasteiger charge is -2.15. The second-order valence-electron chi connectivity index (χ2n) is 7.52. The Kier molecular flexibility index (Phi) is 5.30. The number of fused-ring (bicyclic) bond motifs is 1. The van der Waals surface area contributed by atoms with Crippen LogP contribution in [0.1, 0.15) is 33.8 Å². The van der Waals surface area contributed by atoms with Crippen molar-refractivity contribution < 1.29 is 9.18 Å². The number of nitrogens with one attached hydrogen (secondary N) is 1. The van der Waals surface area contributed by atoms with Crippen LogP contribution in [0.3, 0.4) is 0 Å². The molecule has 0 saturated carbocycles. The Labute approximate surface area is 178 Å². The average Bonchev–Trinajstić information content (AvgIpc) is 3.27. The molecule has 1 atom stereocenters. The molecule has 0 aliphatic carbocycles. The molecule has 4 aromatic rings. The number of aryl methyl sites for hydroxylation is 1. The fourth-order valence-corrected chi connectivity index (χ4v) is 4.32. The number of halogens is 1. The van der Waals surface area contributed by atoms with Crippen molar-refractivity contribution in [2.24, 2.45) is 0 Å². The Morgan fingerprint density at radius 2 is 1.80 bits per heavy atom. The van der Waals surface area contributed by atoms with Gasteiger partial charge in [-0.2, -0.15) is 0 Å². The van der Waals surface area contributed by atoms with Gasteiger partial charge in [0, 0.05) is 14.1 Å². The molecule has 0 saturated heterocycles. The largest absolute Gasteiger partial charge is 0.348 e. The topological polar surface area (TPSA) is 50.2 Å². The molecule has 5 nitrogen and oxygen atoms in total. The molecule has 2 aromatic heterocycles. The van der Waals surface area contributed by atoms with E-state index >= 15 is 0 Å². The summed E-state index contributed by atoms with van der Waals surface area (Å²) in [5.74, 6) is 0.295. The molecule has 4 rings (SSSR count). The number of carbonyl (C=O) groups is 1. The summed E-state index contributed by atoms with van der Waals surface area (Å²) >= 11 is 1.38. The van der Waals surface area contributed by atoms with Gasteiger partial charge in [0.25, 0.3) is 5.91 Å². The van der Waals surface area contributed by atoms with Crippen molar-refractivity contribution in [3.63, 3.8) is 0 Å². The molecular weight excluding hydrogens is 399 g/mol. The molecule has 0 aliphatic rings. The van der Waals surface area contributed by atoms with Crippen molar-refractivity contribution in [2.75, 3.05) is 19.0 Å². The van der Waals surface area contributed by atoms with Crippen LogP contribution in [-0.4, -0.2) is 29.6 Å². The Bertz CT molecular complexity index is 1190. The molecule has 154 valence electrons. The third-order valence-electron chi connectivity index (χ3n) is 4.95. The number of anilines is 1. The maximum absolute atomic E-state index is 13.4. The van der Waals surface area contributed by atoms with Gasteiger partial charge >= 0.3 is 0 Å². The minimum Gasteiger partial charge on any atom is -0.348 e. The lowest BCUT2D eigenvalue weighted by Crippen LogP contribution is -2.25. The molecule has 0 fully saturated rings. The summed E-state index contributed by atoms with van der Waals surface area (Å²) < 4.78 is 15.4. The SMILES string of the molecule is Cc1ccc([C@@H](C)NC(=O)c2cc3nc(N(C)C)n(-c4ccc(F)cc4)c3s2)cc1. The van der Waals surface area contributed by atoms with Crippen molar-refractivity contribution in [2.45, 2.75) is 19.9 Å². The first-order valence-corrected chi connectivity index (χ1v) is 10.5. The Morgan fingerprint density at radius 3 is 2.43 bits per heavy atom. The van der Waals surface area contributed by atoms with Crippen molar-refractivity contribution in [1.29, 1.82) is 0 Å². The van der Waals surface area contributed by atoms with Gasteiger partial charge in [0.15, 0.2) is 0 Å². The van der Waals surface area contributed by atoms with Crippen molar-refractivity contribution >= 4 is 33.5 Å². The minimum atomic E-state index is -0.294. The predicted molar refractivity (Wildman–Crippen MR) is 120 cm³/mol. The van der Waals surface area contributed by atoms with Crippen LogP contribution in [0.5, 0.6) is 0 Å². The maximum atomic E-state index is 13.4. The number of thiophene rings is 1. The van der Waals surface area contributed by atoms with E-state index in [0.29, 0.717) is 4.88 Å². The normalized spacial score (nSPS) is 12.2. The van der Waals surface area contributed by atoms with Crippen LogP contribution in [0.4, 0.5) is 10.3 Å². The smallest absolute Gasteiger partial charge is 0.261 e. The van der Waals surface area contributed by atoms with Crippen LogP contribution >= 0.6 is 11.3 Å². The van der Waals surface area contributed by atoms with Crippen molar-refractivity contribution in [3.05, 3.63) is 76.4 Å². The second kappa shape index (κ2) is 7.91. The zero-order valence-corrected chi connectivity index (χ0v) is 18.1. The summed E-state index contributed by atoms with van der Waals surface area (Å²) in [6, 6.07) is 16.1. The molecule has 0 aliphatic heterocycles. The molecule has 0 radical (unpaired) electrons. The lowest BCUT2D eigenvalue weighted by atomic mass is 10.1. The number of benzene rings is 2. The summed E-state index contributed by atoms with van der Waals surface area (Å²) in [6.07, 6.45) is 0. The first-order valence-electron chi connectivity index (χ1n) is 9.66. The first kappa shape index (κ1) is 20.1. The van der Waals surface area contributed by atoms with Crippen LogP contribution in [-0.2, 0) is 0 Å². The van der Waals surface area contributed by atoms with E-state index in [1.807, 2.05) is 67.7 Å². The minimum absolute atomic E-state index is 0.107. The average molecular weight is 423 g/mol. The van der Waals surface area contributed by atoms with E-state index in [1.54, 1.807) is 12.1 Å². The zero-order valence-electron chi connectivity index (χ0n) is 17.3. The summed E-state index contributed by atoms with van der Waals surface area (Å²) in [7, 11) is 3.81. The Balaban J connectivity index is 1.67. The van der Waals surface area contributed by atoms with E-state index in [-0.39, 0.29) is 17.8 Å². The third kappa shape index (κ3) is 3.80. The second-order valence-corrected chi connectivity index (χ2v) is 8.56. The Morgan fingerprint density at radius 1 is 1.13 bits per heavy atom. The van der Waals surface area contributed by atoms with Crippen LogP contribution < -0.4 is 10.2 Å². The van der Waals surface area contributed by atoms with E-state index < -0.39 is 0 Å². The van der Waals surface area contributed by atoms with Gasteiger partial charge in [0.2, 0.25) is 5.95 Å². The lowest BCUT2D eigenvalue weighted by molar-refractivity contribution is 0.0944. The van der Waals surface area contributed by atoms with Gasteiger partial charge in [-0.1, -0.05) is 29.8 Å². The fraction of sp³-hybridized carbons (Fsp3) is 0.217. The number of amides is 1. The number of aromatic nitrogens is 2. The summed E-state index contributed by atoms with van der Waals surface area (Å²) in [4.78, 5) is 20.9. The van der Waals surface area contributed by atoms with Crippen LogP contribution in [0.15, 0.2) is 54.6 Å². The fourth-order valence-electron chi connectivity index (χ4n) is 3.30. The predicted octanol–water partition coefficient (Wildman–Crippen LogP) is 5.09. The first-order chi connectivity index (χ1) is 14.3. The molecular formula is C23H23FN4OS. The number of hydrogen-bond donors (Lipinski definition) is 1. The van der Waals surface area contributed by atoms with E-state index in [1.165, 1.54) is 29.0 Å². The highest BCUT2D eigenvalue weighted by Crippen LogP contribution is 2.33. The summed E-state index contributed by atoms with van der Waals surface area (Å²) in [5.41, 5.74) is 3.77. The van der Waals surface area contributed by atoms with E-state index in [9.17, 15) is 9.18 Å². The molecule has 1 N–H and O–H groups in total. The molecule has 30 heavy (non-hydrogen) atoms. The number of rotatable bonds is 5. The van der Waals surface area contributed by atoms with Crippen LogP contribution in [0.25, 0.3) is 16.0 Å². The molecule has 0 unspecified atom stereocenters. The van der Waals surface area contributed by atoms with Crippen LogP contribution in [0, 0.1) is 12.7 Å². The van der Waals surface area contributed by atoms with E-state index in [4.69, 9.17) is 0 Å². The maximum Gasteiger partial charge on any atom is 0.261 e. The number of imidazole rings is 1. The van der Waals surface area contributed by atoms with E-state index in [2.05, 4.69) is 10.3 Å². The third-order valence-corrected chi connectivity index (χ3v) is 6.06. The molecule has 7 heteroatoms. The molecule has 2 aromatic carbocycles. The Hall–Kier alpha value is -3.19.